The molecular weight excluding hydrogens is 220 g/mol. The third-order valence-corrected chi connectivity index (χ3v) is 3.73. The first kappa shape index (κ1) is 12.4. The van der Waals surface area contributed by atoms with Gasteiger partial charge in [-0.05, 0) is 33.1 Å². The standard InChI is InChI=1S/C13H20O4/c1-7(2)16-12(15)10-8(3)5-13(4)6-9(10)11(14)17-13/h7-10H,5-6H2,1-4H3/t8-,9-,10+,13+/m0/s1. The van der Waals surface area contributed by atoms with Crippen molar-refractivity contribution in [3.8, 4) is 0 Å². The van der Waals surface area contributed by atoms with Gasteiger partial charge in [-0.25, -0.2) is 0 Å². The van der Waals surface area contributed by atoms with E-state index in [1.807, 2.05) is 27.7 Å². The zero-order chi connectivity index (χ0) is 12.8. The monoisotopic (exact) mass is 240 g/mol. The minimum absolute atomic E-state index is 0.136. The molecule has 0 aromatic carbocycles. The van der Waals surface area contributed by atoms with Gasteiger partial charge in [0.15, 0.2) is 0 Å². The smallest absolute Gasteiger partial charge is 0.310 e. The highest BCUT2D eigenvalue weighted by Crippen LogP contribution is 2.48. The highest BCUT2D eigenvalue weighted by Gasteiger charge is 2.56. The molecule has 1 saturated heterocycles. The van der Waals surface area contributed by atoms with Crippen molar-refractivity contribution in [1.82, 2.24) is 0 Å². The van der Waals surface area contributed by atoms with Gasteiger partial charge in [0.2, 0.25) is 0 Å². The number of fused-ring (bicyclic) bond motifs is 2. The van der Waals surface area contributed by atoms with Crippen LogP contribution >= 0.6 is 0 Å². The van der Waals surface area contributed by atoms with Gasteiger partial charge in [-0.2, -0.15) is 0 Å². The fourth-order valence-corrected chi connectivity index (χ4v) is 3.22. The van der Waals surface area contributed by atoms with E-state index in [0.29, 0.717) is 6.42 Å². The Labute approximate surface area is 102 Å². The van der Waals surface area contributed by atoms with Gasteiger partial charge in [0.1, 0.15) is 5.60 Å². The lowest BCUT2D eigenvalue weighted by atomic mass is 9.69. The van der Waals surface area contributed by atoms with Crippen LogP contribution in [-0.2, 0) is 19.1 Å². The van der Waals surface area contributed by atoms with Gasteiger partial charge in [0, 0.05) is 6.42 Å². The number of hydrogen-bond donors (Lipinski definition) is 0. The normalized spacial score (nSPS) is 40.3. The minimum atomic E-state index is -0.365. The minimum Gasteiger partial charge on any atom is -0.463 e. The van der Waals surface area contributed by atoms with E-state index < -0.39 is 0 Å². The SMILES string of the molecule is CC(C)OC(=O)[C@H]1[C@@H]2C[C@@](C)(C[C@@H]1C)OC2=O. The average Bonchev–Trinajstić information content (AvgIpc) is 2.35. The molecule has 2 rings (SSSR count). The van der Waals surface area contributed by atoms with Crippen LogP contribution in [0.3, 0.4) is 0 Å². The second-order valence-electron chi connectivity index (χ2n) is 5.87. The van der Waals surface area contributed by atoms with Gasteiger partial charge < -0.3 is 9.47 Å². The number of ether oxygens (including phenoxy) is 2. The molecule has 0 spiro atoms. The van der Waals surface area contributed by atoms with Crippen LogP contribution in [0.25, 0.3) is 0 Å². The van der Waals surface area contributed by atoms with Crippen LogP contribution in [0.4, 0.5) is 0 Å². The van der Waals surface area contributed by atoms with Crippen molar-refractivity contribution in [1.29, 1.82) is 0 Å². The van der Waals surface area contributed by atoms with Crippen molar-refractivity contribution in [2.45, 2.75) is 52.2 Å². The summed E-state index contributed by atoms with van der Waals surface area (Å²) >= 11 is 0. The first-order valence-electron chi connectivity index (χ1n) is 6.26. The van der Waals surface area contributed by atoms with Crippen molar-refractivity contribution >= 4 is 11.9 Å². The summed E-state index contributed by atoms with van der Waals surface area (Å²) in [5, 5.41) is 0. The van der Waals surface area contributed by atoms with Crippen LogP contribution in [0.15, 0.2) is 0 Å². The second kappa shape index (κ2) is 4.00. The lowest BCUT2D eigenvalue weighted by molar-refractivity contribution is -0.160. The summed E-state index contributed by atoms with van der Waals surface area (Å²) in [5.74, 6) is -0.993. The summed E-state index contributed by atoms with van der Waals surface area (Å²) in [4.78, 5) is 23.8. The predicted octanol–water partition coefficient (Wildman–Crippen LogP) is 1.92. The summed E-state index contributed by atoms with van der Waals surface area (Å²) in [7, 11) is 0. The molecule has 2 fully saturated rings. The molecule has 1 saturated carbocycles. The molecule has 0 aromatic heterocycles. The summed E-state index contributed by atoms with van der Waals surface area (Å²) in [5.41, 5.74) is -0.365. The lowest BCUT2D eigenvalue weighted by Crippen LogP contribution is -2.41. The van der Waals surface area contributed by atoms with Gasteiger partial charge in [0.25, 0.3) is 0 Å². The second-order valence-corrected chi connectivity index (χ2v) is 5.87. The molecule has 0 aromatic rings. The van der Waals surface area contributed by atoms with Crippen LogP contribution < -0.4 is 0 Å². The largest absolute Gasteiger partial charge is 0.463 e. The molecule has 1 aliphatic heterocycles. The zero-order valence-corrected chi connectivity index (χ0v) is 10.9. The topological polar surface area (TPSA) is 52.6 Å². The Morgan fingerprint density at radius 3 is 2.71 bits per heavy atom. The van der Waals surface area contributed by atoms with E-state index in [4.69, 9.17) is 9.47 Å². The van der Waals surface area contributed by atoms with Crippen LogP contribution in [0, 0.1) is 17.8 Å². The summed E-state index contributed by atoms with van der Waals surface area (Å²) in [6.45, 7) is 7.59. The Bertz CT molecular complexity index is 349. The quantitative estimate of drug-likeness (QED) is 0.692. The maximum Gasteiger partial charge on any atom is 0.310 e. The van der Waals surface area contributed by atoms with Gasteiger partial charge in [-0.15, -0.1) is 0 Å². The number of rotatable bonds is 2. The maximum atomic E-state index is 12.0. The van der Waals surface area contributed by atoms with E-state index in [-0.39, 0.29) is 41.4 Å². The van der Waals surface area contributed by atoms with Gasteiger partial charge >= 0.3 is 11.9 Å². The number of carbonyl (C=O) groups excluding carboxylic acids is 2. The molecule has 4 atom stereocenters. The van der Waals surface area contributed by atoms with Crippen molar-refractivity contribution in [2.24, 2.45) is 17.8 Å². The molecule has 2 aliphatic rings. The molecule has 0 radical (unpaired) electrons. The first-order valence-corrected chi connectivity index (χ1v) is 6.26. The zero-order valence-electron chi connectivity index (χ0n) is 10.9. The fourth-order valence-electron chi connectivity index (χ4n) is 3.22. The molecule has 1 aliphatic carbocycles. The van der Waals surface area contributed by atoms with E-state index >= 15 is 0 Å². The number of hydrogen-bond acceptors (Lipinski definition) is 4. The molecule has 4 heteroatoms. The van der Waals surface area contributed by atoms with Gasteiger partial charge in [-0.3, -0.25) is 9.59 Å². The number of esters is 2. The Balaban J connectivity index is 2.17. The van der Waals surface area contributed by atoms with Crippen molar-refractivity contribution < 1.29 is 19.1 Å². The van der Waals surface area contributed by atoms with Crippen LogP contribution in [0.2, 0.25) is 0 Å². The molecule has 4 nitrogen and oxygen atoms in total. The Kier molecular flexibility index (Phi) is 2.92. The van der Waals surface area contributed by atoms with Crippen LogP contribution in [-0.4, -0.2) is 23.6 Å². The molecule has 1 heterocycles. The first-order chi connectivity index (χ1) is 7.82. The molecule has 96 valence electrons. The van der Waals surface area contributed by atoms with E-state index in [1.54, 1.807) is 0 Å². The molecular formula is C13H20O4. The lowest BCUT2D eigenvalue weighted by Gasteiger charge is -2.35. The third kappa shape index (κ3) is 2.17. The highest BCUT2D eigenvalue weighted by molar-refractivity contribution is 5.84. The predicted molar refractivity (Wildman–Crippen MR) is 61.1 cm³/mol. The number of carbonyl (C=O) groups is 2. The molecule has 0 N–H and O–H groups in total. The van der Waals surface area contributed by atoms with E-state index in [1.165, 1.54) is 0 Å². The highest BCUT2D eigenvalue weighted by atomic mass is 16.6. The molecule has 17 heavy (non-hydrogen) atoms. The van der Waals surface area contributed by atoms with Crippen molar-refractivity contribution in [3.05, 3.63) is 0 Å². The fraction of sp³-hybridized carbons (Fsp3) is 0.846. The van der Waals surface area contributed by atoms with E-state index in [2.05, 4.69) is 0 Å². The Hall–Kier alpha value is -1.06. The summed E-state index contributed by atoms with van der Waals surface area (Å²) < 4.78 is 10.6. The van der Waals surface area contributed by atoms with Crippen LogP contribution in [0.5, 0.6) is 0 Å². The Morgan fingerprint density at radius 2 is 2.12 bits per heavy atom. The average molecular weight is 240 g/mol. The van der Waals surface area contributed by atoms with Crippen molar-refractivity contribution in [2.75, 3.05) is 0 Å². The summed E-state index contributed by atoms with van der Waals surface area (Å²) in [6.07, 6.45) is 1.25. The van der Waals surface area contributed by atoms with E-state index in [0.717, 1.165) is 6.42 Å². The molecule has 0 unspecified atom stereocenters. The van der Waals surface area contributed by atoms with Crippen molar-refractivity contribution in [3.63, 3.8) is 0 Å². The molecule has 2 bridgehead atoms. The molecule has 0 amide bonds. The maximum absolute atomic E-state index is 12.0. The third-order valence-electron chi connectivity index (χ3n) is 3.73. The van der Waals surface area contributed by atoms with Gasteiger partial charge in [0.05, 0.1) is 17.9 Å². The Morgan fingerprint density at radius 1 is 1.47 bits per heavy atom. The van der Waals surface area contributed by atoms with E-state index in [9.17, 15) is 9.59 Å². The van der Waals surface area contributed by atoms with Crippen LogP contribution in [0.1, 0.15) is 40.5 Å². The summed E-state index contributed by atoms with van der Waals surface area (Å²) in [6, 6.07) is 0. The van der Waals surface area contributed by atoms with Gasteiger partial charge in [-0.1, -0.05) is 6.92 Å².